The quantitative estimate of drug-likeness (QED) is 0.533. The first-order valence-corrected chi connectivity index (χ1v) is 5.65. The molecule has 0 amide bonds. The lowest BCUT2D eigenvalue weighted by molar-refractivity contribution is 0.187. The Morgan fingerprint density at radius 3 is 2.71 bits per heavy atom. The van der Waals surface area contributed by atoms with Gasteiger partial charge in [0.15, 0.2) is 0 Å². The number of hydrogen-bond donors (Lipinski definition) is 2. The Bertz CT molecular complexity index is 203. The van der Waals surface area contributed by atoms with E-state index in [4.69, 9.17) is 11.1 Å². The Morgan fingerprint density at radius 2 is 2.21 bits per heavy atom. The fourth-order valence-corrected chi connectivity index (χ4v) is 2.31. The standard InChI is InChI=1S/C11H23N3/c1-4-10-6-5-9(3)14(10)7-8(2)11(12)13/h8-10H,4-7H2,1-3H3,(H3,12,13). The van der Waals surface area contributed by atoms with Crippen LogP contribution in [0, 0.1) is 11.3 Å². The van der Waals surface area contributed by atoms with Crippen LogP contribution in [-0.4, -0.2) is 29.4 Å². The van der Waals surface area contributed by atoms with Gasteiger partial charge in [-0.1, -0.05) is 13.8 Å². The summed E-state index contributed by atoms with van der Waals surface area (Å²) in [7, 11) is 0. The van der Waals surface area contributed by atoms with Crippen LogP contribution in [0.25, 0.3) is 0 Å². The molecule has 0 spiro atoms. The Kier molecular flexibility index (Phi) is 3.93. The third kappa shape index (κ3) is 2.47. The van der Waals surface area contributed by atoms with Gasteiger partial charge in [0, 0.05) is 24.5 Å². The van der Waals surface area contributed by atoms with Gasteiger partial charge in [0.1, 0.15) is 0 Å². The second kappa shape index (κ2) is 4.78. The molecule has 1 heterocycles. The molecule has 3 heteroatoms. The van der Waals surface area contributed by atoms with E-state index in [9.17, 15) is 0 Å². The van der Waals surface area contributed by atoms with E-state index >= 15 is 0 Å². The number of amidine groups is 1. The van der Waals surface area contributed by atoms with Gasteiger partial charge in [0.25, 0.3) is 0 Å². The lowest BCUT2D eigenvalue weighted by atomic mass is 10.1. The number of rotatable bonds is 4. The summed E-state index contributed by atoms with van der Waals surface area (Å²) in [6.07, 6.45) is 3.82. The predicted octanol–water partition coefficient (Wildman–Crippen LogP) is 1.82. The monoisotopic (exact) mass is 197 g/mol. The average molecular weight is 197 g/mol. The van der Waals surface area contributed by atoms with E-state index < -0.39 is 0 Å². The molecular weight excluding hydrogens is 174 g/mol. The Hall–Kier alpha value is -0.570. The van der Waals surface area contributed by atoms with E-state index in [1.807, 2.05) is 6.92 Å². The number of likely N-dealkylation sites (tertiary alicyclic amines) is 1. The molecular formula is C11H23N3. The van der Waals surface area contributed by atoms with E-state index in [1.54, 1.807) is 0 Å². The van der Waals surface area contributed by atoms with Gasteiger partial charge in [0.2, 0.25) is 0 Å². The van der Waals surface area contributed by atoms with Gasteiger partial charge in [-0.05, 0) is 26.2 Å². The van der Waals surface area contributed by atoms with Crippen LogP contribution < -0.4 is 5.73 Å². The summed E-state index contributed by atoms with van der Waals surface area (Å²) in [5.41, 5.74) is 5.50. The van der Waals surface area contributed by atoms with E-state index in [-0.39, 0.29) is 5.92 Å². The molecule has 3 N–H and O–H groups in total. The summed E-state index contributed by atoms with van der Waals surface area (Å²) in [6, 6.07) is 1.38. The van der Waals surface area contributed by atoms with Gasteiger partial charge >= 0.3 is 0 Å². The fraction of sp³-hybridized carbons (Fsp3) is 0.909. The molecule has 0 aliphatic carbocycles. The molecule has 3 unspecified atom stereocenters. The highest BCUT2D eigenvalue weighted by Gasteiger charge is 2.30. The summed E-state index contributed by atoms with van der Waals surface area (Å²) in [6.45, 7) is 7.52. The maximum atomic E-state index is 7.40. The minimum atomic E-state index is 0.199. The van der Waals surface area contributed by atoms with Crippen LogP contribution in [0.5, 0.6) is 0 Å². The van der Waals surface area contributed by atoms with E-state index in [2.05, 4.69) is 18.7 Å². The van der Waals surface area contributed by atoms with Gasteiger partial charge in [-0.15, -0.1) is 0 Å². The van der Waals surface area contributed by atoms with Crippen LogP contribution in [0.4, 0.5) is 0 Å². The van der Waals surface area contributed by atoms with Crippen molar-refractivity contribution in [1.82, 2.24) is 4.90 Å². The normalized spacial score (nSPS) is 30.5. The molecule has 0 aromatic carbocycles. The molecule has 14 heavy (non-hydrogen) atoms. The summed E-state index contributed by atoms with van der Waals surface area (Å²) in [5.74, 6) is 0.517. The highest BCUT2D eigenvalue weighted by atomic mass is 15.2. The Labute approximate surface area is 87.2 Å². The first-order valence-electron chi connectivity index (χ1n) is 5.65. The molecule has 0 radical (unpaired) electrons. The summed E-state index contributed by atoms with van der Waals surface area (Å²) in [4.78, 5) is 2.52. The van der Waals surface area contributed by atoms with Crippen molar-refractivity contribution < 1.29 is 0 Å². The molecule has 0 aromatic heterocycles. The van der Waals surface area contributed by atoms with E-state index in [1.165, 1.54) is 19.3 Å². The van der Waals surface area contributed by atoms with Crippen molar-refractivity contribution in [3.05, 3.63) is 0 Å². The first-order chi connectivity index (χ1) is 6.56. The number of nitrogens with zero attached hydrogens (tertiary/aromatic N) is 1. The molecule has 0 saturated carbocycles. The average Bonchev–Trinajstić information content (AvgIpc) is 2.47. The molecule has 1 aliphatic heterocycles. The molecule has 1 saturated heterocycles. The lowest BCUT2D eigenvalue weighted by Crippen LogP contribution is -2.40. The smallest absolute Gasteiger partial charge is 0.0947 e. The summed E-state index contributed by atoms with van der Waals surface area (Å²) in [5, 5.41) is 7.40. The third-order valence-electron chi connectivity index (χ3n) is 3.44. The Balaban J connectivity index is 2.52. The largest absolute Gasteiger partial charge is 0.387 e. The molecule has 0 bridgehead atoms. The maximum absolute atomic E-state index is 7.40. The van der Waals surface area contributed by atoms with Gasteiger partial charge < -0.3 is 5.73 Å². The number of hydrogen-bond acceptors (Lipinski definition) is 2. The highest BCUT2D eigenvalue weighted by Crippen LogP contribution is 2.26. The van der Waals surface area contributed by atoms with Crippen LogP contribution in [0.15, 0.2) is 0 Å². The third-order valence-corrected chi connectivity index (χ3v) is 3.44. The Morgan fingerprint density at radius 1 is 1.57 bits per heavy atom. The van der Waals surface area contributed by atoms with Crippen molar-refractivity contribution in [2.45, 2.75) is 52.1 Å². The zero-order chi connectivity index (χ0) is 10.7. The molecule has 82 valence electrons. The zero-order valence-electron chi connectivity index (χ0n) is 9.59. The first kappa shape index (κ1) is 11.5. The van der Waals surface area contributed by atoms with Crippen LogP contribution in [0.1, 0.15) is 40.0 Å². The van der Waals surface area contributed by atoms with Crippen molar-refractivity contribution >= 4 is 5.84 Å². The minimum absolute atomic E-state index is 0.199. The van der Waals surface area contributed by atoms with Crippen LogP contribution in [0.3, 0.4) is 0 Å². The summed E-state index contributed by atoms with van der Waals surface area (Å²) < 4.78 is 0. The van der Waals surface area contributed by atoms with E-state index in [0.717, 1.165) is 6.54 Å². The zero-order valence-corrected chi connectivity index (χ0v) is 9.59. The van der Waals surface area contributed by atoms with Gasteiger partial charge in [-0.25, -0.2) is 0 Å². The van der Waals surface area contributed by atoms with Crippen molar-refractivity contribution in [3.8, 4) is 0 Å². The van der Waals surface area contributed by atoms with Crippen molar-refractivity contribution in [3.63, 3.8) is 0 Å². The van der Waals surface area contributed by atoms with Gasteiger partial charge in [0.05, 0.1) is 5.84 Å². The lowest BCUT2D eigenvalue weighted by Gasteiger charge is -2.30. The topological polar surface area (TPSA) is 53.1 Å². The molecule has 0 aromatic rings. The molecule has 1 rings (SSSR count). The van der Waals surface area contributed by atoms with Crippen LogP contribution in [0.2, 0.25) is 0 Å². The second-order valence-electron chi connectivity index (χ2n) is 4.54. The van der Waals surface area contributed by atoms with E-state index in [0.29, 0.717) is 17.9 Å². The number of nitrogens with one attached hydrogen (secondary N) is 1. The predicted molar refractivity (Wildman–Crippen MR) is 60.6 cm³/mol. The fourth-order valence-electron chi connectivity index (χ4n) is 2.31. The molecule has 1 aliphatic rings. The minimum Gasteiger partial charge on any atom is -0.387 e. The van der Waals surface area contributed by atoms with Crippen LogP contribution in [-0.2, 0) is 0 Å². The van der Waals surface area contributed by atoms with Crippen molar-refractivity contribution in [2.24, 2.45) is 11.7 Å². The van der Waals surface area contributed by atoms with Crippen molar-refractivity contribution in [2.75, 3.05) is 6.54 Å². The molecule has 3 nitrogen and oxygen atoms in total. The number of nitrogens with two attached hydrogens (primary N) is 1. The second-order valence-corrected chi connectivity index (χ2v) is 4.54. The highest BCUT2D eigenvalue weighted by molar-refractivity contribution is 5.79. The van der Waals surface area contributed by atoms with Crippen molar-refractivity contribution in [1.29, 1.82) is 5.41 Å². The SMILES string of the molecule is CCC1CCC(C)N1CC(C)C(=N)N. The molecule has 1 fully saturated rings. The maximum Gasteiger partial charge on any atom is 0.0947 e. The van der Waals surface area contributed by atoms with Crippen LogP contribution >= 0.6 is 0 Å². The summed E-state index contributed by atoms with van der Waals surface area (Å²) >= 11 is 0. The van der Waals surface area contributed by atoms with Gasteiger partial charge in [-0.3, -0.25) is 10.3 Å². The molecule has 3 atom stereocenters. The van der Waals surface area contributed by atoms with Gasteiger partial charge in [-0.2, -0.15) is 0 Å².